The van der Waals surface area contributed by atoms with Crippen molar-refractivity contribution in [3.05, 3.63) is 30.2 Å². The molecule has 8 heteroatoms. The molecule has 1 aromatic carbocycles. The van der Waals surface area contributed by atoms with Crippen LogP contribution in [0.4, 0.5) is 0 Å². The lowest BCUT2D eigenvalue weighted by Gasteiger charge is -2.17. The highest BCUT2D eigenvalue weighted by Gasteiger charge is 2.23. The summed E-state index contributed by atoms with van der Waals surface area (Å²) in [5.74, 6) is -0.119. The smallest absolute Gasteiger partial charge is 0.326 e. The molecule has 8 nitrogen and oxygen atoms in total. The number of aromatic nitrogens is 2. The number of aryl methyl sites for hydroxylation is 1. The summed E-state index contributed by atoms with van der Waals surface area (Å²) in [4.78, 5) is 27.3. The molecule has 0 unspecified atom stereocenters. The lowest BCUT2D eigenvalue weighted by Crippen LogP contribution is -2.44. The van der Waals surface area contributed by atoms with E-state index in [1.807, 2.05) is 31.2 Å². The number of carbonyl (C=O) groups excluding carboxylic acids is 1. The summed E-state index contributed by atoms with van der Waals surface area (Å²) < 4.78 is 10.5. The first-order chi connectivity index (χ1) is 12.4. The lowest BCUT2D eigenvalue weighted by atomic mass is 10.0. The Kier molecular flexibility index (Phi) is 6.71. The van der Waals surface area contributed by atoms with Gasteiger partial charge >= 0.3 is 5.97 Å². The van der Waals surface area contributed by atoms with E-state index in [-0.39, 0.29) is 24.7 Å². The normalized spacial score (nSPS) is 12.0. The summed E-state index contributed by atoms with van der Waals surface area (Å²) in [5.41, 5.74) is 0.777. The molecule has 1 aromatic heterocycles. The van der Waals surface area contributed by atoms with Gasteiger partial charge in [-0.25, -0.2) is 4.79 Å². The lowest BCUT2D eigenvalue weighted by molar-refractivity contribution is -0.143. The zero-order valence-electron chi connectivity index (χ0n) is 15.1. The van der Waals surface area contributed by atoms with Crippen LogP contribution in [-0.2, 0) is 16.0 Å². The zero-order valence-corrected chi connectivity index (χ0v) is 15.1. The van der Waals surface area contributed by atoms with Gasteiger partial charge in [-0.2, -0.15) is 4.98 Å². The van der Waals surface area contributed by atoms with Crippen LogP contribution in [0.5, 0.6) is 5.75 Å². The number of ether oxygens (including phenoxy) is 1. The number of nitrogens with one attached hydrogen (secondary N) is 1. The number of hydrogen-bond donors (Lipinski definition) is 2. The molecule has 1 atom stereocenters. The topological polar surface area (TPSA) is 115 Å². The van der Waals surface area contributed by atoms with Crippen molar-refractivity contribution in [3.63, 3.8) is 0 Å². The second-order valence-electron chi connectivity index (χ2n) is 6.10. The molecule has 140 valence electrons. The molecule has 26 heavy (non-hydrogen) atoms. The van der Waals surface area contributed by atoms with Gasteiger partial charge in [0.2, 0.25) is 17.6 Å². The summed E-state index contributed by atoms with van der Waals surface area (Å²) in [5, 5.41) is 15.5. The first-order valence-corrected chi connectivity index (χ1v) is 8.48. The summed E-state index contributed by atoms with van der Waals surface area (Å²) in [6.45, 7) is 5.98. The molecular weight excluding hydrogens is 338 g/mol. The standard InChI is InChI=1S/C18H23N3O5/c1-4-25-13-7-5-12(6-8-13)17-20-15(26-21-17)10-9-14(22)19-16(11(2)3)18(23)24/h5-8,11,16H,4,9-10H2,1-3H3,(H,19,22)(H,23,24)/t16-/m1/s1. The second kappa shape index (κ2) is 8.98. The molecule has 0 saturated carbocycles. The number of nitrogens with zero attached hydrogens (tertiary/aromatic N) is 2. The number of rotatable bonds is 9. The van der Waals surface area contributed by atoms with Crippen LogP contribution in [0.25, 0.3) is 11.4 Å². The molecule has 2 aromatic rings. The Morgan fingerprint density at radius 2 is 1.96 bits per heavy atom. The van der Waals surface area contributed by atoms with Crippen molar-refractivity contribution in [2.24, 2.45) is 5.92 Å². The number of carboxylic acid groups (broad SMARTS) is 1. The molecule has 0 spiro atoms. The van der Waals surface area contributed by atoms with Crippen LogP contribution in [0.2, 0.25) is 0 Å². The highest BCUT2D eigenvalue weighted by molar-refractivity contribution is 5.83. The van der Waals surface area contributed by atoms with Crippen LogP contribution < -0.4 is 10.1 Å². The monoisotopic (exact) mass is 361 g/mol. The van der Waals surface area contributed by atoms with Crippen LogP contribution in [0.15, 0.2) is 28.8 Å². The van der Waals surface area contributed by atoms with E-state index < -0.39 is 12.0 Å². The minimum Gasteiger partial charge on any atom is -0.494 e. The van der Waals surface area contributed by atoms with Crippen molar-refractivity contribution in [2.75, 3.05) is 6.61 Å². The van der Waals surface area contributed by atoms with Crippen molar-refractivity contribution < 1.29 is 24.0 Å². The third kappa shape index (κ3) is 5.30. The summed E-state index contributed by atoms with van der Waals surface area (Å²) in [6, 6.07) is 6.38. The predicted molar refractivity (Wildman–Crippen MR) is 93.6 cm³/mol. The SMILES string of the molecule is CCOc1ccc(-c2noc(CCC(=O)N[C@@H](C(=O)O)C(C)C)n2)cc1. The van der Waals surface area contributed by atoms with Crippen LogP contribution >= 0.6 is 0 Å². The molecule has 1 heterocycles. The number of amides is 1. The Morgan fingerprint density at radius 1 is 1.27 bits per heavy atom. The van der Waals surface area contributed by atoms with Crippen LogP contribution in [0, 0.1) is 5.92 Å². The largest absolute Gasteiger partial charge is 0.494 e. The van der Waals surface area contributed by atoms with Gasteiger partial charge in [-0.15, -0.1) is 0 Å². The number of carboxylic acids is 1. The first kappa shape index (κ1) is 19.4. The van der Waals surface area contributed by atoms with Crippen LogP contribution in [-0.4, -0.2) is 39.8 Å². The Labute approximate surface area is 151 Å². The molecule has 2 N–H and O–H groups in total. The van der Waals surface area contributed by atoms with E-state index in [1.165, 1.54) is 0 Å². The second-order valence-corrected chi connectivity index (χ2v) is 6.10. The molecule has 0 aliphatic rings. The number of carbonyl (C=O) groups is 2. The molecule has 0 fully saturated rings. The number of aliphatic carboxylic acids is 1. The predicted octanol–water partition coefficient (Wildman–Crippen LogP) is 2.29. The van der Waals surface area contributed by atoms with E-state index in [9.17, 15) is 9.59 Å². The molecule has 0 aliphatic heterocycles. The minimum absolute atomic E-state index is 0.0708. The van der Waals surface area contributed by atoms with E-state index in [1.54, 1.807) is 13.8 Å². The van der Waals surface area contributed by atoms with E-state index in [0.717, 1.165) is 11.3 Å². The van der Waals surface area contributed by atoms with E-state index >= 15 is 0 Å². The van der Waals surface area contributed by atoms with Crippen molar-refractivity contribution in [3.8, 4) is 17.1 Å². The van der Waals surface area contributed by atoms with Crippen molar-refractivity contribution in [2.45, 2.75) is 39.7 Å². The maximum Gasteiger partial charge on any atom is 0.326 e. The maximum absolute atomic E-state index is 11.9. The van der Waals surface area contributed by atoms with E-state index in [2.05, 4.69) is 15.5 Å². The van der Waals surface area contributed by atoms with E-state index in [0.29, 0.717) is 18.3 Å². The van der Waals surface area contributed by atoms with E-state index in [4.69, 9.17) is 14.4 Å². The molecule has 2 rings (SSSR count). The van der Waals surface area contributed by atoms with Crippen molar-refractivity contribution in [1.82, 2.24) is 15.5 Å². The Bertz CT molecular complexity index is 740. The van der Waals surface area contributed by atoms with Gasteiger partial charge in [0.15, 0.2) is 0 Å². The number of hydrogen-bond acceptors (Lipinski definition) is 6. The van der Waals surface area contributed by atoms with Gasteiger partial charge in [0.1, 0.15) is 11.8 Å². The van der Waals surface area contributed by atoms with Crippen LogP contribution in [0.3, 0.4) is 0 Å². The molecule has 1 amide bonds. The molecule has 0 bridgehead atoms. The summed E-state index contributed by atoms with van der Waals surface area (Å²) in [7, 11) is 0. The Balaban J connectivity index is 1.91. The average Bonchev–Trinajstić information content (AvgIpc) is 3.07. The highest BCUT2D eigenvalue weighted by Crippen LogP contribution is 2.20. The van der Waals surface area contributed by atoms with Crippen molar-refractivity contribution >= 4 is 11.9 Å². The fourth-order valence-electron chi connectivity index (χ4n) is 2.32. The van der Waals surface area contributed by atoms with Gasteiger partial charge in [-0.1, -0.05) is 19.0 Å². The minimum atomic E-state index is -1.05. The maximum atomic E-state index is 11.9. The highest BCUT2D eigenvalue weighted by atomic mass is 16.5. The Hall–Kier alpha value is -2.90. The fourth-order valence-corrected chi connectivity index (χ4v) is 2.32. The van der Waals surface area contributed by atoms with Gasteiger partial charge in [-0.3, -0.25) is 4.79 Å². The van der Waals surface area contributed by atoms with Crippen LogP contribution in [0.1, 0.15) is 33.1 Å². The van der Waals surface area contributed by atoms with Gasteiger partial charge in [0, 0.05) is 18.4 Å². The summed E-state index contributed by atoms with van der Waals surface area (Å²) >= 11 is 0. The molecule has 0 saturated heterocycles. The van der Waals surface area contributed by atoms with Gasteiger partial charge in [0.05, 0.1) is 6.61 Å². The summed E-state index contributed by atoms with van der Waals surface area (Å²) in [6.07, 6.45) is 0.307. The van der Waals surface area contributed by atoms with Crippen molar-refractivity contribution in [1.29, 1.82) is 0 Å². The Morgan fingerprint density at radius 3 is 2.54 bits per heavy atom. The average molecular weight is 361 g/mol. The van der Waals surface area contributed by atoms with Gasteiger partial charge in [0.25, 0.3) is 0 Å². The molecular formula is C18H23N3O5. The first-order valence-electron chi connectivity index (χ1n) is 8.48. The fraction of sp³-hybridized carbons (Fsp3) is 0.444. The van der Waals surface area contributed by atoms with Gasteiger partial charge in [-0.05, 0) is 37.1 Å². The molecule has 0 aliphatic carbocycles. The molecule has 0 radical (unpaired) electrons. The quantitative estimate of drug-likeness (QED) is 0.704. The zero-order chi connectivity index (χ0) is 19.1. The third-order valence-electron chi connectivity index (χ3n) is 3.71. The third-order valence-corrected chi connectivity index (χ3v) is 3.71. The number of benzene rings is 1. The van der Waals surface area contributed by atoms with Gasteiger partial charge < -0.3 is 19.7 Å².